The molecule has 2 saturated heterocycles. The first-order valence-electron chi connectivity index (χ1n) is 26.0. The first kappa shape index (κ1) is 63.1. The average Bonchev–Trinajstić information content (AvgIpc) is 3.37. The van der Waals surface area contributed by atoms with Gasteiger partial charge in [-0.15, -0.1) is 0 Å². The van der Waals surface area contributed by atoms with Gasteiger partial charge in [-0.1, -0.05) is 77.2 Å². The van der Waals surface area contributed by atoms with Crippen LogP contribution in [-0.4, -0.2) is 155 Å². The van der Waals surface area contributed by atoms with Crippen molar-refractivity contribution in [1.82, 2.24) is 4.90 Å². The maximum absolute atomic E-state index is 13.6. The number of aliphatic hydroxyl groups is 4. The standard InChI is InChI=1S/C56H87NO16/c1-34(17-13-12-14-18-36(3)46(69-9)31-42-23-21-40(7)56(68,73-42)51(63)52(64)57-26-16-15-19-43(57)53(65)66)27-38(5)48(61)50(71-11)49(62)39(6)29-37(4)44(60)24-20-35(2)28-41-22-25-45(47(30-41)70-10)72-54(67)55(8,32-58)33-59/h12-14,17-18,20,24,29,34-35,37-38,40-43,45-47,49-50,58-59,62,68H,15-16,19,21-23,25-28,30-33H2,1-11H3,(H,65,66)/b14-12+,17-13+,24-20+,36-18+,39-29+/t34-,35+,37-,38-,40-,41+,42+,43+,45-,46+,47-,49-,50+,56-/m1/s1. The van der Waals surface area contributed by atoms with Gasteiger partial charge in [0.2, 0.25) is 5.79 Å². The summed E-state index contributed by atoms with van der Waals surface area (Å²) in [5, 5.41) is 51.6. The summed E-state index contributed by atoms with van der Waals surface area (Å²) in [6.07, 6.45) is 16.2. The lowest BCUT2D eigenvalue weighted by molar-refractivity contribution is -0.265. The number of esters is 1. The van der Waals surface area contributed by atoms with Crippen molar-refractivity contribution >= 4 is 35.2 Å². The summed E-state index contributed by atoms with van der Waals surface area (Å²) in [6.45, 7) is 13.3. The third-order valence-electron chi connectivity index (χ3n) is 15.1. The molecule has 73 heavy (non-hydrogen) atoms. The van der Waals surface area contributed by atoms with E-state index in [1.807, 2.05) is 57.2 Å². The molecule has 2 heterocycles. The molecule has 3 fully saturated rings. The van der Waals surface area contributed by atoms with E-state index in [1.54, 1.807) is 54.1 Å². The van der Waals surface area contributed by atoms with Gasteiger partial charge in [0.1, 0.15) is 29.8 Å². The molecule has 0 aromatic heterocycles. The highest BCUT2D eigenvalue weighted by atomic mass is 16.6. The number of carbonyl (C=O) groups excluding carboxylic acids is 5. The van der Waals surface area contributed by atoms with Crippen LogP contribution in [0.3, 0.4) is 0 Å². The van der Waals surface area contributed by atoms with E-state index in [4.69, 9.17) is 23.7 Å². The Morgan fingerprint density at radius 1 is 0.836 bits per heavy atom. The number of carboxylic acids is 1. The van der Waals surface area contributed by atoms with Gasteiger partial charge >= 0.3 is 11.9 Å². The fourth-order valence-electron chi connectivity index (χ4n) is 10.1. The number of Topliss-reactive ketones (excluding diaryl/α,β-unsaturated/α-hetero) is 2. The topological polar surface area (TPSA) is 253 Å². The monoisotopic (exact) mass is 1030 g/mol. The number of allylic oxidation sites excluding steroid dienone is 8. The molecule has 14 atom stereocenters. The number of hydrogen-bond donors (Lipinski definition) is 5. The number of likely N-dealkylation sites (tertiary alicyclic amines) is 1. The maximum Gasteiger partial charge on any atom is 0.326 e. The molecular formula is C56H87NO16. The minimum absolute atomic E-state index is 0.00893. The number of aliphatic hydroxyl groups excluding tert-OH is 3. The smallest absolute Gasteiger partial charge is 0.326 e. The summed E-state index contributed by atoms with van der Waals surface area (Å²) in [7, 11) is 4.49. The predicted molar refractivity (Wildman–Crippen MR) is 274 cm³/mol. The van der Waals surface area contributed by atoms with Crippen LogP contribution in [0.2, 0.25) is 0 Å². The molecule has 0 aromatic rings. The van der Waals surface area contributed by atoms with E-state index in [0.29, 0.717) is 56.9 Å². The molecule has 1 aliphatic carbocycles. The number of hydrogen-bond acceptors (Lipinski definition) is 15. The molecule has 2 aliphatic heterocycles. The highest BCUT2D eigenvalue weighted by Gasteiger charge is 2.53. The number of aliphatic carboxylic acids is 1. The molecule has 3 rings (SSSR count). The van der Waals surface area contributed by atoms with Crippen LogP contribution in [0.4, 0.5) is 0 Å². The van der Waals surface area contributed by atoms with Gasteiger partial charge in [0.15, 0.2) is 11.6 Å². The molecule has 3 aliphatic rings. The van der Waals surface area contributed by atoms with E-state index in [-0.39, 0.29) is 48.4 Å². The Morgan fingerprint density at radius 2 is 1.52 bits per heavy atom. The summed E-state index contributed by atoms with van der Waals surface area (Å²) < 4.78 is 28.6. The van der Waals surface area contributed by atoms with E-state index in [9.17, 15) is 54.3 Å². The van der Waals surface area contributed by atoms with Crippen LogP contribution in [0.1, 0.15) is 126 Å². The second-order valence-electron chi connectivity index (χ2n) is 21.3. The summed E-state index contributed by atoms with van der Waals surface area (Å²) in [6, 6.07) is -1.13. The lowest BCUT2D eigenvalue weighted by atomic mass is 9.80. The molecule has 0 aromatic carbocycles. The largest absolute Gasteiger partial charge is 0.480 e. The SMILES string of the molecule is CO[C@@H](C[C@@H]1CC[C@@H](C)[C@](O)(C(=O)C(=O)N2CCCC[C@H]2C(=O)O)O1)/C(C)=C/C=C/C=C/[C@@H](C)C[C@@H](C)C(=O)[C@H](OC)[C@H](O)/C(C)=C/[C@@H](C)C(=O)/C=C/[C@H](C)C[C@@H]1CC[C@@H](OC(=O)C(C)(CO)CO)[C@H](OC)C1. The van der Waals surface area contributed by atoms with E-state index in [2.05, 4.69) is 0 Å². The van der Waals surface area contributed by atoms with Crippen LogP contribution in [0.25, 0.3) is 0 Å². The average molecular weight is 1030 g/mol. The van der Waals surface area contributed by atoms with Crippen LogP contribution >= 0.6 is 0 Å². The number of ketones is 3. The van der Waals surface area contributed by atoms with Gasteiger partial charge in [-0.05, 0) is 120 Å². The molecule has 5 N–H and O–H groups in total. The molecule has 17 nitrogen and oxygen atoms in total. The van der Waals surface area contributed by atoms with Gasteiger partial charge in [-0.3, -0.25) is 24.0 Å². The molecular weight excluding hydrogens is 943 g/mol. The molecule has 0 radical (unpaired) electrons. The van der Waals surface area contributed by atoms with Crippen molar-refractivity contribution < 1.29 is 78.0 Å². The van der Waals surface area contributed by atoms with Gasteiger partial charge in [0.05, 0.1) is 31.5 Å². The van der Waals surface area contributed by atoms with Crippen molar-refractivity contribution in [3.8, 4) is 0 Å². The van der Waals surface area contributed by atoms with Crippen molar-refractivity contribution in [2.75, 3.05) is 41.1 Å². The Bertz CT molecular complexity index is 2000. The Balaban J connectivity index is 1.50. The molecule has 0 spiro atoms. The lowest BCUT2D eigenvalue weighted by Gasteiger charge is -2.42. The van der Waals surface area contributed by atoms with Crippen LogP contribution in [0, 0.1) is 40.9 Å². The van der Waals surface area contributed by atoms with E-state index >= 15 is 0 Å². The zero-order valence-electron chi connectivity index (χ0n) is 45.2. The number of nitrogens with zero attached hydrogens (tertiary/aromatic N) is 1. The van der Waals surface area contributed by atoms with Crippen LogP contribution in [0.5, 0.6) is 0 Å². The van der Waals surface area contributed by atoms with Crippen LogP contribution in [0.15, 0.2) is 59.8 Å². The Labute approximate surface area is 433 Å². The molecule has 0 bridgehead atoms. The van der Waals surface area contributed by atoms with Gasteiger partial charge < -0.3 is 54.1 Å². The van der Waals surface area contributed by atoms with Crippen molar-refractivity contribution in [2.45, 2.75) is 174 Å². The summed E-state index contributed by atoms with van der Waals surface area (Å²) in [5.74, 6) is -8.24. The number of amides is 1. The zero-order chi connectivity index (χ0) is 54.8. The third-order valence-corrected chi connectivity index (χ3v) is 15.1. The number of carbonyl (C=O) groups is 6. The number of piperidine rings is 1. The van der Waals surface area contributed by atoms with Gasteiger partial charge in [0.25, 0.3) is 11.7 Å². The highest BCUT2D eigenvalue weighted by molar-refractivity contribution is 6.39. The molecule has 17 heteroatoms. The molecule has 412 valence electrons. The fourth-order valence-corrected chi connectivity index (χ4v) is 10.1. The number of ether oxygens (including phenoxy) is 5. The minimum atomic E-state index is -2.39. The summed E-state index contributed by atoms with van der Waals surface area (Å²) in [5.41, 5.74) is -0.0889. The summed E-state index contributed by atoms with van der Waals surface area (Å²) in [4.78, 5) is 79.0. The molecule has 0 unspecified atom stereocenters. The van der Waals surface area contributed by atoms with Crippen molar-refractivity contribution in [3.05, 3.63) is 59.8 Å². The van der Waals surface area contributed by atoms with Crippen molar-refractivity contribution in [2.24, 2.45) is 40.9 Å². The first-order chi connectivity index (χ1) is 34.4. The Morgan fingerprint density at radius 3 is 2.14 bits per heavy atom. The van der Waals surface area contributed by atoms with Gasteiger partial charge in [0, 0.05) is 52.0 Å². The minimum Gasteiger partial charge on any atom is -0.480 e. The van der Waals surface area contributed by atoms with Crippen molar-refractivity contribution in [1.29, 1.82) is 0 Å². The van der Waals surface area contributed by atoms with Crippen LogP contribution in [-0.2, 0) is 52.5 Å². The van der Waals surface area contributed by atoms with Crippen LogP contribution < -0.4 is 0 Å². The van der Waals surface area contributed by atoms with E-state index in [0.717, 1.165) is 23.3 Å². The molecule has 1 amide bonds. The highest BCUT2D eigenvalue weighted by Crippen LogP contribution is 2.37. The number of rotatable bonds is 28. The second-order valence-corrected chi connectivity index (χ2v) is 21.3. The fraction of sp³-hybridized carbons (Fsp3) is 0.714. The number of carboxylic acid groups (broad SMARTS) is 1. The first-order valence-corrected chi connectivity index (χ1v) is 26.0. The second kappa shape index (κ2) is 29.8. The maximum atomic E-state index is 13.6. The Hall–Kier alpha value is -4.20. The summed E-state index contributed by atoms with van der Waals surface area (Å²) >= 11 is 0. The quantitative estimate of drug-likeness (QED) is 0.0197. The third kappa shape index (κ3) is 17.7. The van der Waals surface area contributed by atoms with E-state index in [1.165, 1.54) is 14.0 Å². The molecule has 1 saturated carbocycles. The van der Waals surface area contributed by atoms with Crippen molar-refractivity contribution in [3.63, 3.8) is 0 Å². The zero-order valence-corrected chi connectivity index (χ0v) is 45.2. The van der Waals surface area contributed by atoms with Gasteiger partial charge in [-0.2, -0.15) is 0 Å². The Kier molecular flexibility index (Phi) is 25.7. The van der Waals surface area contributed by atoms with Gasteiger partial charge in [-0.25, -0.2) is 4.79 Å². The number of methoxy groups -OCH3 is 3. The normalized spacial score (nSPS) is 27.6. The lowest BCUT2D eigenvalue weighted by Crippen LogP contribution is -2.60. The van der Waals surface area contributed by atoms with E-state index < -0.39 is 102 Å². The predicted octanol–water partition coefficient (Wildman–Crippen LogP) is 6.05.